The molecular formula is C21H26N4O2. The lowest BCUT2D eigenvalue weighted by atomic mass is 10.1. The molecule has 0 radical (unpaired) electrons. The Morgan fingerprint density at radius 1 is 1.07 bits per heavy atom. The number of aromatic nitrogens is 1. The van der Waals surface area contributed by atoms with Crippen molar-refractivity contribution in [3.05, 3.63) is 59.8 Å². The number of aromatic amines is 1. The molecule has 6 nitrogen and oxygen atoms in total. The standard InChI is InChI=1S/C21H26N4O2/c1-22-21(23-11-9-15-7-8-17(27-2)13-20(15)26)24-12-10-16-14-25-19-6-4-3-5-18(16)19/h3-8,13-14,25-26H,9-12H2,1-2H3,(H2,22,23,24). The summed E-state index contributed by atoms with van der Waals surface area (Å²) >= 11 is 0. The summed E-state index contributed by atoms with van der Waals surface area (Å²) in [5.74, 6) is 1.65. The molecule has 0 aliphatic heterocycles. The number of guanidine groups is 1. The smallest absolute Gasteiger partial charge is 0.190 e. The van der Waals surface area contributed by atoms with Gasteiger partial charge in [-0.15, -0.1) is 0 Å². The number of phenols is 1. The maximum Gasteiger partial charge on any atom is 0.190 e. The van der Waals surface area contributed by atoms with Crippen LogP contribution in [0.2, 0.25) is 0 Å². The molecule has 0 aliphatic rings. The van der Waals surface area contributed by atoms with E-state index in [-0.39, 0.29) is 5.75 Å². The molecule has 2 aromatic carbocycles. The van der Waals surface area contributed by atoms with Crippen LogP contribution in [0, 0.1) is 0 Å². The van der Waals surface area contributed by atoms with Crippen molar-refractivity contribution in [2.75, 3.05) is 27.2 Å². The Hall–Kier alpha value is -3.15. The van der Waals surface area contributed by atoms with E-state index >= 15 is 0 Å². The van der Waals surface area contributed by atoms with Crippen molar-refractivity contribution in [3.8, 4) is 11.5 Å². The number of aromatic hydroxyl groups is 1. The van der Waals surface area contributed by atoms with Gasteiger partial charge in [0, 0.05) is 43.3 Å². The van der Waals surface area contributed by atoms with Crippen LogP contribution in [0.3, 0.4) is 0 Å². The first-order valence-corrected chi connectivity index (χ1v) is 9.06. The van der Waals surface area contributed by atoms with E-state index in [4.69, 9.17) is 4.74 Å². The average molecular weight is 366 g/mol. The second-order valence-corrected chi connectivity index (χ2v) is 6.28. The lowest BCUT2D eigenvalue weighted by molar-refractivity contribution is 0.406. The van der Waals surface area contributed by atoms with Gasteiger partial charge in [-0.2, -0.15) is 0 Å². The van der Waals surface area contributed by atoms with Crippen molar-refractivity contribution >= 4 is 16.9 Å². The fourth-order valence-corrected chi connectivity index (χ4v) is 3.07. The minimum absolute atomic E-state index is 0.249. The van der Waals surface area contributed by atoms with Crippen LogP contribution in [0.4, 0.5) is 0 Å². The SMILES string of the molecule is CN=C(NCCc1ccc(OC)cc1O)NCCc1c[nH]c2ccccc12. The fourth-order valence-electron chi connectivity index (χ4n) is 3.07. The van der Waals surface area contributed by atoms with E-state index < -0.39 is 0 Å². The lowest BCUT2D eigenvalue weighted by Crippen LogP contribution is -2.39. The summed E-state index contributed by atoms with van der Waals surface area (Å²) in [6.45, 7) is 1.46. The topological polar surface area (TPSA) is 81.7 Å². The number of para-hydroxylation sites is 1. The molecule has 0 amide bonds. The largest absolute Gasteiger partial charge is 0.508 e. The molecule has 0 saturated carbocycles. The number of hydrogen-bond donors (Lipinski definition) is 4. The minimum Gasteiger partial charge on any atom is -0.508 e. The Morgan fingerprint density at radius 2 is 1.81 bits per heavy atom. The van der Waals surface area contributed by atoms with Gasteiger partial charge in [-0.25, -0.2) is 0 Å². The van der Waals surface area contributed by atoms with Crippen LogP contribution >= 0.6 is 0 Å². The van der Waals surface area contributed by atoms with Crippen LogP contribution in [0.5, 0.6) is 11.5 Å². The van der Waals surface area contributed by atoms with Crippen LogP contribution in [0.15, 0.2) is 53.7 Å². The summed E-state index contributed by atoms with van der Waals surface area (Å²) in [4.78, 5) is 7.55. The van der Waals surface area contributed by atoms with E-state index in [9.17, 15) is 5.11 Å². The number of hydrogen-bond acceptors (Lipinski definition) is 3. The van der Waals surface area contributed by atoms with Gasteiger partial charge in [-0.1, -0.05) is 24.3 Å². The molecule has 0 atom stereocenters. The highest BCUT2D eigenvalue weighted by Crippen LogP contribution is 2.23. The zero-order valence-electron chi connectivity index (χ0n) is 15.7. The molecule has 1 heterocycles. The summed E-state index contributed by atoms with van der Waals surface area (Å²) < 4.78 is 5.10. The summed E-state index contributed by atoms with van der Waals surface area (Å²) in [5.41, 5.74) is 3.32. The van der Waals surface area contributed by atoms with Gasteiger partial charge in [-0.05, 0) is 36.1 Å². The number of phenolic OH excluding ortho intramolecular Hbond substituents is 1. The molecule has 6 heteroatoms. The number of aliphatic imine (C=N–C) groups is 1. The number of ether oxygens (including phenoxy) is 1. The zero-order valence-corrected chi connectivity index (χ0v) is 15.7. The van der Waals surface area contributed by atoms with E-state index in [0.717, 1.165) is 30.0 Å². The normalized spacial score (nSPS) is 11.6. The van der Waals surface area contributed by atoms with Crippen molar-refractivity contribution in [2.24, 2.45) is 4.99 Å². The molecule has 3 aromatic rings. The second kappa shape index (κ2) is 8.98. The third-order valence-corrected chi connectivity index (χ3v) is 4.56. The second-order valence-electron chi connectivity index (χ2n) is 6.28. The van der Waals surface area contributed by atoms with Crippen LogP contribution in [0.25, 0.3) is 10.9 Å². The van der Waals surface area contributed by atoms with Gasteiger partial charge in [0.25, 0.3) is 0 Å². The monoisotopic (exact) mass is 366 g/mol. The predicted octanol–water partition coefficient (Wildman–Crippen LogP) is 2.83. The van der Waals surface area contributed by atoms with Gasteiger partial charge >= 0.3 is 0 Å². The lowest BCUT2D eigenvalue weighted by Gasteiger charge is -2.12. The molecular weight excluding hydrogens is 340 g/mol. The van der Waals surface area contributed by atoms with Crippen LogP contribution in [-0.2, 0) is 12.8 Å². The summed E-state index contributed by atoms with van der Waals surface area (Å²) in [5, 5.41) is 17.9. The molecule has 0 saturated heterocycles. The number of benzene rings is 2. The highest BCUT2D eigenvalue weighted by Gasteiger charge is 2.05. The quantitative estimate of drug-likeness (QED) is 0.383. The molecule has 0 bridgehead atoms. The molecule has 1 aromatic heterocycles. The van der Waals surface area contributed by atoms with E-state index in [1.807, 2.05) is 18.2 Å². The summed E-state index contributed by atoms with van der Waals surface area (Å²) in [6.07, 6.45) is 3.66. The molecule has 0 aliphatic carbocycles. The van der Waals surface area contributed by atoms with E-state index in [1.165, 1.54) is 10.9 Å². The molecule has 0 unspecified atom stereocenters. The first-order chi connectivity index (χ1) is 13.2. The third-order valence-electron chi connectivity index (χ3n) is 4.56. The average Bonchev–Trinajstić information content (AvgIpc) is 3.11. The van der Waals surface area contributed by atoms with Gasteiger partial charge in [0.1, 0.15) is 11.5 Å². The van der Waals surface area contributed by atoms with Crippen LogP contribution in [-0.4, -0.2) is 43.3 Å². The maximum absolute atomic E-state index is 10.0. The number of methoxy groups -OCH3 is 1. The van der Waals surface area contributed by atoms with E-state index in [0.29, 0.717) is 18.7 Å². The number of nitrogens with one attached hydrogen (secondary N) is 3. The molecule has 0 spiro atoms. The highest BCUT2D eigenvalue weighted by molar-refractivity contribution is 5.83. The summed E-state index contributed by atoms with van der Waals surface area (Å²) in [6, 6.07) is 13.7. The number of nitrogens with zero attached hydrogens (tertiary/aromatic N) is 1. The van der Waals surface area contributed by atoms with Crippen LogP contribution in [0.1, 0.15) is 11.1 Å². The van der Waals surface area contributed by atoms with Crippen molar-refractivity contribution in [3.63, 3.8) is 0 Å². The van der Waals surface area contributed by atoms with Gasteiger partial charge in [0.05, 0.1) is 7.11 Å². The number of fused-ring (bicyclic) bond motifs is 1. The predicted molar refractivity (Wildman–Crippen MR) is 110 cm³/mol. The Bertz CT molecular complexity index is 917. The molecule has 0 fully saturated rings. The molecule has 3 rings (SSSR count). The first-order valence-electron chi connectivity index (χ1n) is 9.06. The third kappa shape index (κ3) is 4.73. The van der Waals surface area contributed by atoms with Crippen molar-refractivity contribution in [1.82, 2.24) is 15.6 Å². The van der Waals surface area contributed by atoms with E-state index in [2.05, 4.69) is 45.0 Å². The van der Waals surface area contributed by atoms with Gasteiger partial charge in [0.15, 0.2) is 5.96 Å². The minimum atomic E-state index is 0.249. The molecule has 4 N–H and O–H groups in total. The molecule has 27 heavy (non-hydrogen) atoms. The first kappa shape index (κ1) is 18.6. The fraction of sp³-hybridized carbons (Fsp3) is 0.286. The van der Waals surface area contributed by atoms with Crippen molar-refractivity contribution in [1.29, 1.82) is 0 Å². The Kier molecular flexibility index (Phi) is 6.20. The van der Waals surface area contributed by atoms with Crippen molar-refractivity contribution in [2.45, 2.75) is 12.8 Å². The highest BCUT2D eigenvalue weighted by atomic mass is 16.5. The maximum atomic E-state index is 10.0. The Balaban J connectivity index is 1.46. The Labute approximate surface area is 159 Å². The van der Waals surface area contributed by atoms with Gasteiger partial charge < -0.3 is 25.5 Å². The zero-order chi connectivity index (χ0) is 19.1. The van der Waals surface area contributed by atoms with Crippen LogP contribution < -0.4 is 15.4 Å². The van der Waals surface area contributed by atoms with Gasteiger partial charge in [0.2, 0.25) is 0 Å². The molecule has 142 valence electrons. The Morgan fingerprint density at radius 3 is 2.52 bits per heavy atom. The number of rotatable bonds is 7. The number of H-pyrrole nitrogens is 1. The van der Waals surface area contributed by atoms with Gasteiger partial charge in [-0.3, -0.25) is 4.99 Å². The summed E-state index contributed by atoms with van der Waals surface area (Å²) in [7, 11) is 3.34. The van der Waals surface area contributed by atoms with Crippen molar-refractivity contribution < 1.29 is 9.84 Å². The van der Waals surface area contributed by atoms with E-state index in [1.54, 1.807) is 20.2 Å².